The Kier molecular flexibility index (Phi) is 10.1. The van der Waals surface area contributed by atoms with Crippen LogP contribution in [0.2, 0.25) is 0 Å². The lowest BCUT2D eigenvalue weighted by molar-refractivity contribution is -0.121. The van der Waals surface area contributed by atoms with Crippen molar-refractivity contribution in [3.63, 3.8) is 0 Å². The second-order valence-electron chi connectivity index (χ2n) is 11.5. The summed E-state index contributed by atoms with van der Waals surface area (Å²) in [5, 5.41) is 4.34. The van der Waals surface area contributed by atoms with Gasteiger partial charge in [-0.25, -0.2) is 0 Å². The average Bonchev–Trinajstić information content (AvgIpc) is 3.45. The first-order chi connectivity index (χ1) is 22.2. The Labute approximate surface area is 265 Å². The van der Waals surface area contributed by atoms with Gasteiger partial charge in [0.1, 0.15) is 18.1 Å². The molecule has 1 aliphatic heterocycles. The average molecular weight is 604 g/mol. The van der Waals surface area contributed by atoms with Crippen LogP contribution in [0.3, 0.4) is 0 Å². The van der Waals surface area contributed by atoms with Crippen molar-refractivity contribution in [1.82, 2.24) is 14.8 Å². The van der Waals surface area contributed by atoms with Gasteiger partial charge in [0, 0.05) is 62.2 Å². The molecule has 1 N–H and O–H groups in total. The van der Waals surface area contributed by atoms with Crippen molar-refractivity contribution in [2.45, 2.75) is 25.5 Å². The van der Waals surface area contributed by atoms with E-state index >= 15 is 0 Å². The number of nitrogens with one attached hydrogen (secondary N) is 1. The fourth-order valence-electron chi connectivity index (χ4n) is 5.99. The molecule has 5 aromatic rings. The van der Waals surface area contributed by atoms with Crippen LogP contribution in [0.25, 0.3) is 10.9 Å². The Hall–Kier alpha value is -4.59. The summed E-state index contributed by atoms with van der Waals surface area (Å²) in [6, 6.07) is 35.0. The number of fused-ring (bicyclic) bond motifs is 1. The monoisotopic (exact) mass is 603 g/mol. The van der Waals surface area contributed by atoms with E-state index in [1.54, 1.807) is 7.11 Å². The molecule has 1 atom stereocenters. The van der Waals surface area contributed by atoms with Crippen LogP contribution in [0, 0.1) is 0 Å². The molecule has 1 aromatic heterocycles. The molecule has 4 aromatic carbocycles. The van der Waals surface area contributed by atoms with Gasteiger partial charge in [-0.1, -0.05) is 72.8 Å². The van der Waals surface area contributed by atoms with Gasteiger partial charge in [0.05, 0.1) is 20.3 Å². The van der Waals surface area contributed by atoms with Crippen molar-refractivity contribution in [2.75, 3.05) is 46.5 Å². The SMILES string of the molecule is COc1ccc(Cn2cc([C@H](CC(=O)NCCN3CCOCC3)c3ccc(OCc4ccccc4)cc3)c3ccccc32)cc1. The molecule has 232 valence electrons. The smallest absolute Gasteiger partial charge is 0.220 e. The number of amides is 1. The Morgan fingerprint density at radius 2 is 1.56 bits per heavy atom. The molecule has 1 aliphatic rings. The summed E-state index contributed by atoms with van der Waals surface area (Å²) in [5.74, 6) is 1.56. The van der Waals surface area contributed by atoms with Gasteiger partial charge in [-0.05, 0) is 52.6 Å². The molecule has 0 saturated carbocycles. The molecular formula is C38H41N3O4. The predicted octanol–water partition coefficient (Wildman–Crippen LogP) is 6.25. The summed E-state index contributed by atoms with van der Waals surface area (Å²) in [6.45, 7) is 5.99. The Morgan fingerprint density at radius 3 is 2.31 bits per heavy atom. The highest BCUT2D eigenvalue weighted by Crippen LogP contribution is 2.36. The van der Waals surface area contributed by atoms with Gasteiger partial charge in [-0.15, -0.1) is 0 Å². The Bertz CT molecular complexity index is 1660. The molecular weight excluding hydrogens is 562 g/mol. The third-order valence-electron chi connectivity index (χ3n) is 8.48. The normalized spacial score (nSPS) is 14.2. The highest BCUT2D eigenvalue weighted by atomic mass is 16.5. The molecule has 6 rings (SSSR count). The highest BCUT2D eigenvalue weighted by Gasteiger charge is 2.23. The molecule has 0 bridgehead atoms. The van der Waals surface area contributed by atoms with Crippen LogP contribution in [0.15, 0.2) is 109 Å². The number of morpholine rings is 1. The zero-order valence-corrected chi connectivity index (χ0v) is 25.9. The summed E-state index contributed by atoms with van der Waals surface area (Å²) < 4.78 is 19.2. The molecule has 1 amide bonds. The zero-order chi connectivity index (χ0) is 30.8. The van der Waals surface area contributed by atoms with E-state index in [2.05, 4.69) is 81.6 Å². The van der Waals surface area contributed by atoms with Crippen LogP contribution in [-0.2, 0) is 22.7 Å². The van der Waals surface area contributed by atoms with Crippen molar-refractivity contribution in [3.8, 4) is 11.5 Å². The van der Waals surface area contributed by atoms with E-state index in [1.165, 1.54) is 5.56 Å². The van der Waals surface area contributed by atoms with Crippen LogP contribution in [0.5, 0.6) is 11.5 Å². The molecule has 1 saturated heterocycles. The highest BCUT2D eigenvalue weighted by molar-refractivity contribution is 5.87. The number of nitrogens with zero attached hydrogens (tertiary/aromatic N) is 2. The minimum Gasteiger partial charge on any atom is -0.497 e. The van der Waals surface area contributed by atoms with Crippen LogP contribution in [-0.4, -0.2) is 61.9 Å². The van der Waals surface area contributed by atoms with Gasteiger partial charge in [-0.3, -0.25) is 9.69 Å². The van der Waals surface area contributed by atoms with Crippen LogP contribution < -0.4 is 14.8 Å². The number of carbonyl (C=O) groups excluding carboxylic acids is 1. The van der Waals surface area contributed by atoms with E-state index in [0.29, 0.717) is 19.6 Å². The Morgan fingerprint density at radius 1 is 0.844 bits per heavy atom. The quantitative estimate of drug-likeness (QED) is 0.172. The third kappa shape index (κ3) is 7.93. The lowest BCUT2D eigenvalue weighted by Crippen LogP contribution is -2.41. The molecule has 0 aliphatic carbocycles. The van der Waals surface area contributed by atoms with Gasteiger partial charge < -0.3 is 24.1 Å². The van der Waals surface area contributed by atoms with Gasteiger partial charge in [0.15, 0.2) is 0 Å². The number of benzene rings is 4. The van der Waals surface area contributed by atoms with E-state index in [0.717, 1.165) is 78.5 Å². The third-order valence-corrected chi connectivity index (χ3v) is 8.48. The molecule has 0 radical (unpaired) electrons. The minimum absolute atomic E-state index is 0.0460. The first-order valence-corrected chi connectivity index (χ1v) is 15.7. The summed E-state index contributed by atoms with van der Waals surface area (Å²) in [5.41, 5.74) is 5.67. The summed E-state index contributed by atoms with van der Waals surface area (Å²) >= 11 is 0. The maximum atomic E-state index is 13.5. The lowest BCUT2D eigenvalue weighted by Gasteiger charge is -2.26. The topological polar surface area (TPSA) is 65.0 Å². The molecule has 0 spiro atoms. The van der Waals surface area contributed by atoms with Crippen LogP contribution >= 0.6 is 0 Å². The fraction of sp³-hybridized carbons (Fsp3) is 0.289. The number of para-hydroxylation sites is 1. The van der Waals surface area contributed by atoms with Crippen LogP contribution in [0.1, 0.15) is 34.6 Å². The number of rotatable bonds is 13. The minimum atomic E-state index is -0.126. The van der Waals surface area contributed by atoms with Gasteiger partial charge in [0.2, 0.25) is 5.91 Å². The van der Waals surface area contributed by atoms with Crippen molar-refractivity contribution < 1.29 is 19.0 Å². The van der Waals surface area contributed by atoms with Gasteiger partial charge >= 0.3 is 0 Å². The van der Waals surface area contributed by atoms with E-state index in [-0.39, 0.29) is 11.8 Å². The number of hydrogen-bond donors (Lipinski definition) is 1. The van der Waals surface area contributed by atoms with Crippen molar-refractivity contribution in [2.24, 2.45) is 0 Å². The van der Waals surface area contributed by atoms with Gasteiger partial charge in [0.25, 0.3) is 0 Å². The number of aromatic nitrogens is 1. The van der Waals surface area contributed by atoms with E-state index in [4.69, 9.17) is 14.2 Å². The molecule has 7 nitrogen and oxygen atoms in total. The van der Waals surface area contributed by atoms with Crippen molar-refractivity contribution >= 4 is 16.8 Å². The van der Waals surface area contributed by atoms with E-state index in [1.807, 2.05) is 42.5 Å². The van der Waals surface area contributed by atoms with Crippen LogP contribution in [0.4, 0.5) is 0 Å². The molecule has 1 fully saturated rings. The summed E-state index contributed by atoms with van der Waals surface area (Å²) in [7, 11) is 1.68. The lowest BCUT2D eigenvalue weighted by atomic mass is 9.88. The molecule has 7 heteroatoms. The number of methoxy groups -OCH3 is 1. The van der Waals surface area contributed by atoms with E-state index < -0.39 is 0 Å². The van der Waals surface area contributed by atoms with E-state index in [9.17, 15) is 4.79 Å². The first-order valence-electron chi connectivity index (χ1n) is 15.7. The number of hydrogen-bond acceptors (Lipinski definition) is 5. The molecule has 45 heavy (non-hydrogen) atoms. The Balaban J connectivity index is 1.25. The molecule has 2 heterocycles. The molecule has 0 unspecified atom stereocenters. The first kappa shape index (κ1) is 30.4. The maximum Gasteiger partial charge on any atom is 0.220 e. The van der Waals surface area contributed by atoms with Crippen molar-refractivity contribution in [1.29, 1.82) is 0 Å². The number of ether oxygens (including phenoxy) is 3. The second kappa shape index (κ2) is 14.9. The largest absolute Gasteiger partial charge is 0.497 e. The predicted molar refractivity (Wildman–Crippen MR) is 178 cm³/mol. The summed E-state index contributed by atoms with van der Waals surface area (Å²) in [6.07, 6.45) is 2.57. The second-order valence-corrected chi connectivity index (χ2v) is 11.5. The summed E-state index contributed by atoms with van der Waals surface area (Å²) in [4.78, 5) is 15.8. The van der Waals surface area contributed by atoms with Crippen molar-refractivity contribution in [3.05, 3.63) is 132 Å². The maximum absolute atomic E-state index is 13.5. The zero-order valence-electron chi connectivity index (χ0n) is 25.9. The fourth-order valence-corrected chi connectivity index (χ4v) is 5.99. The standard InChI is InChI=1S/C38H41N3O4/c1-43-32-15-11-29(12-16-32)26-41-27-36(34-9-5-6-10-37(34)41)35(25-38(42)39-19-20-40-21-23-44-24-22-40)31-13-17-33(18-14-31)45-28-30-7-3-2-4-8-30/h2-18,27,35H,19-26,28H2,1H3,(H,39,42)/t35-/m1/s1. The van der Waals surface area contributed by atoms with Gasteiger partial charge in [-0.2, -0.15) is 0 Å². The number of carbonyl (C=O) groups is 1.